The van der Waals surface area contributed by atoms with Crippen LogP contribution in [-0.2, 0) is 0 Å². The first kappa shape index (κ1) is 19.4. The fourth-order valence-corrected chi connectivity index (χ4v) is 4.64. The minimum atomic E-state index is -0.789. The van der Waals surface area contributed by atoms with E-state index in [0.717, 1.165) is 36.1 Å². The molecule has 0 bridgehead atoms. The van der Waals surface area contributed by atoms with Crippen molar-refractivity contribution in [2.24, 2.45) is 5.92 Å². The summed E-state index contributed by atoms with van der Waals surface area (Å²) < 4.78 is 0. The molecule has 4 fully saturated rings. The number of piperidine rings is 1. The number of likely N-dealkylation sites (tertiary alicyclic amines) is 1. The van der Waals surface area contributed by atoms with E-state index in [1.807, 2.05) is 6.20 Å². The van der Waals surface area contributed by atoms with Crippen LogP contribution in [0.3, 0.4) is 0 Å². The number of rotatable bonds is 8. The molecule has 0 amide bonds. The second-order valence-corrected chi connectivity index (χ2v) is 10.1. The smallest absolute Gasteiger partial charge is 0.150 e. The molecule has 0 spiro atoms. The molecule has 0 atom stereocenters. The highest BCUT2D eigenvalue weighted by Gasteiger charge is 2.41. The van der Waals surface area contributed by atoms with Gasteiger partial charge in [-0.25, -0.2) is 9.97 Å². The third-order valence-corrected chi connectivity index (χ3v) is 7.13. The van der Waals surface area contributed by atoms with Gasteiger partial charge in [-0.15, -0.1) is 0 Å². The molecule has 1 saturated heterocycles. The maximum Gasteiger partial charge on any atom is 0.150 e. The SMILES string of the molecule is OC1(Nc2cc(C3CCN(CC4CC4)CC3)cc(Nc3cnc(C4CC4)cn3)n2)CC1. The molecule has 4 aliphatic rings. The lowest BCUT2D eigenvalue weighted by Crippen LogP contribution is -2.34. The summed E-state index contributed by atoms with van der Waals surface area (Å²) in [4.78, 5) is 16.5. The maximum atomic E-state index is 10.4. The van der Waals surface area contributed by atoms with Crippen LogP contribution in [0.1, 0.15) is 74.5 Å². The molecular weight excluding hydrogens is 388 g/mol. The number of nitrogens with zero attached hydrogens (tertiary/aromatic N) is 4. The number of hydrogen-bond donors (Lipinski definition) is 3. The first-order chi connectivity index (χ1) is 15.1. The zero-order chi connectivity index (χ0) is 20.8. The lowest BCUT2D eigenvalue weighted by atomic mass is 9.89. The Hall–Kier alpha value is -2.25. The van der Waals surface area contributed by atoms with Crippen molar-refractivity contribution in [2.45, 2.75) is 68.9 Å². The van der Waals surface area contributed by atoms with Gasteiger partial charge in [-0.05, 0) is 94.0 Å². The van der Waals surface area contributed by atoms with Gasteiger partial charge in [-0.1, -0.05) is 0 Å². The molecule has 3 saturated carbocycles. The van der Waals surface area contributed by atoms with Gasteiger partial charge < -0.3 is 20.6 Å². The quantitative estimate of drug-likeness (QED) is 0.557. The summed E-state index contributed by atoms with van der Waals surface area (Å²) in [5, 5.41) is 17.0. The van der Waals surface area contributed by atoms with Gasteiger partial charge in [-0.3, -0.25) is 4.98 Å². The van der Waals surface area contributed by atoms with Crippen molar-refractivity contribution in [3.63, 3.8) is 0 Å². The zero-order valence-corrected chi connectivity index (χ0v) is 18.1. The molecule has 0 unspecified atom stereocenters. The van der Waals surface area contributed by atoms with Crippen molar-refractivity contribution in [1.82, 2.24) is 19.9 Å². The zero-order valence-electron chi connectivity index (χ0n) is 18.1. The standard InChI is InChI=1S/C24H32N6O/c31-24(7-8-24)29-22-12-19(17-5-9-30(10-6-17)15-16-1-2-16)11-21(27-22)28-23-14-25-20(13-26-23)18-3-4-18/h11-14,16-18,31H,1-10,15H2,(H2,26,27,28,29). The Balaban J connectivity index is 1.19. The van der Waals surface area contributed by atoms with E-state index in [0.29, 0.717) is 17.7 Å². The Morgan fingerprint density at radius 3 is 2.32 bits per heavy atom. The van der Waals surface area contributed by atoms with Crippen molar-refractivity contribution in [1.29, 1.82) is 0 Å². The van der Waals surface area contributed by atoms with Crippen LogP contribution in [0, 0.1) is 5.92 Å². The van der Waals surface area contributed by atoms with Crippen LogP contribution in [0.25, 0.3) is 0 Å². The van der Waals surface area contributed by atoms with E-state index in [-0.39, 0.29) is 0 Å². The summed E-state index contributed by atoms with van der Waals surface area (Å²) in [5.41, 5.74) is 1.59. The summed E-state index contributed by atoms with van der Waals surface area (Å²) in [6.07, 6.45) is 12.9. The molecule has 6 rings (SSSR count). The van der Waals surface area contributed by atoms with Gasteiger partial charge in [0.05, 0.1) is 18.1 Å². The van der Waals surface area contributed by atoms with E-state index in [2.05, 4.69) is 37.6 Å². The van der Waals surface area contributed by atoms with Crippen LogP contribution >= 0.6 is 0 Å². The van der Waals surface area contributed by atoms with Gasteiger partial charge in [0.1, 0.15) is 23.2 Å². The van der Waals surface area contributed by atoms with Gasteiger partial charge in [0, 0.05) is 12.5 Å². The minimum Gasteiger partial charge on any atom is -0.371 e. The van der Waals surface area contributed by atoms with Gasteiger partial charge in [0.15, 0.2) is 0 Å². The molecule has 7 nitrogen and oxygen atoms in total. The molecule has 3 heterocycles. The van der Waals surface area contributed by atoms with E-state index < -0.39 is 5.72 Å². The third kappa shape index (κ3) is 4.83. The van der Waals surface area contributed by atoms with E-state index in [1.165, 1.54) is 63.7 Å². The fourth-order valence-electron chi connectivity index (χ4n) is 4.64. The Morgan fingerprint density at radius 2 is 1.68 bits per heavy atom. The lowest BCUT2D eigenvalue weighted by Gasteiger charge is -2.32. The van der Waals surface area contributed by atoms with Crippen LogP contribution in [0.2, 0.25) is 0 Å². The first-order valence-electron chi connectivity index (χ1n) is 12.0. The summed E-state index contributed by atoms with van der Waals surface area (Å²) in [5.74, 6) is 4.29. The average Bonchev–Trinajstić information content (AvgIpc) is 3.62. The first-order valence-corrected chi connectivity index (χ1v) is 12.0. The van der Waals surface area contributed by atoms with Crippen LogP contribution in [0.5, 0.6) is 0 Å². The number of anilines is 3. The number of aromatic nitrogens is 3. The molecular formula is C24H32N6O. The van der Waals surface area contributed by atoms with Gasteiger partial charge in [-0.2, -0.15) is 0 Å². The van der Waals surface area contributed by atoms with Crippen molar-refractivity contribution in [2.75, 3.05) is 30.3 Å². The Kier molecular flexibility index (Phi) is 4.83. The molecule has 7 heteroatoms. The van der Waals surface area contributed by atoms with Crippen molar-refractivity contribution < 1.29 is 5.11 Å². The van der Waals surface area contributed by atoms with E-state index in [4.69, 9.17) is 4.98 Å². The van der Waals surface area contributed by atoms with Crippen LogP contribution < -0.4 is 10.6 Å². The Bertz CT molecular complexity index is 928. The summed E-state index contributed by atoms with van der Waals surface area (Å²) in [6.45, 7) is 3.63. The Labute approximate surface area is 183 Å². The highest BCUT2D eigenvalue weighted by Crippen LogP contribution is 2.39. The van der Waals surface area contributed by atoms with Gasteiger partial charge in [0.25, 0.3) is 0 Å². The van der Waals surface area contributed by atoms with Crippen LogP contribution in [0.15, 0.2) is 24.5 Å². The number of hydrogen-bond acceptors (Lipinski definition) is 7. The monoisotopic (exact) mass is 420 g/mol. The third-order valence-electron chi connectivity index (χ3n) is 7.13. The second-order valence-electron chi connectivity index (χ2n) is 10.1. The van der Waals surface area contributed by atoms with Crippen molar-refractivity contribution in [3.05, 3.63) is 35.8 Å². The van der Waals surface area contributed by atoms with E-state index in [1.54, 1.807) is 6.20 Å². The van der Waals surface area contributed by atoms with Crippen molar-refractivity contribution >= 4 is 17.5 Å². The van der Waals surface area contributed by atoms with Gasteiger partial charge >= 0.3 is 0 Å². The molecule has 0 radical (unpaired) electrons. The van der Waals surface area contributed by atoms with E-state index in [9.17, 15) is 5.11 Å². The number of nitrogens with one attached hydrogen (secondary N) is 2. The summed E-state index contributed by atoms with van der Waals surface area (Å²) >= 11 is 0. The predicted molar refractivity (Wildman–Crippen MR) is 120 cm³/mol. The molecule has 2 aromatic rings. The molecule has 31 heavy (non-hydrogen) atoms. The summed E-state index contributed by atoms with van der Waals surface area (Å²) in [7, 11) is 0. The number of aliphatic hydroxyl groups is 1. The number of pyridine rings is 1. The molecule has 164 valence electrons. The second kappa shape index (κ2) is 7.71. The topological polar surface area (TPSA) is 86.2 Å². The average molecular weight is 421 g/mol. The molecule has 3 aliphatic carbocycles. The predicted octanol–water partition coefficient (Wildman–Crippen LogP) is 3.98. The van der Waals surface area contributed by atoms with Gasteiger partial charge in [0.2, 0.25) is 0 Å². The van der Waals surface area contributed by atoms with Crippen LogP contribution in [-0.4, -0.2) is 50.3 Å². The fraction of sp³-hybridized carbons (Fsp3) is 0.625. The lowest BCUT2D eigenvalue weighted by molar-refractivity contribution is 0.180. The maximum absolute atomic E-state index is 10.4. The molecule has 3 N–H and O–H groups in total. The van der Waals surface area contributed by atoms with Crippen molar-refractivity contribution in [3.8, 4) is 0 Å². The molecule has 1 aliphatic heterocycles. The van der Waals surface area contributed by atoms with Crippen LogP contribution in [0.4, 0.5) is 17.5 Å². The molecule has 0 aromatic carbocycles. The minimum absolute atomic E-state index is 0.525. The highest BCUT2D eigenvalue weighted by molar-refractivity contribution is 5.57. The Morgan fingerprint density at radius 1 is 0.903 bits per heavy atom. The highest BCUT2D eigenvalue weighted by atomic mass is 16.3. The molecule has 2 aromatic heterocycles. The normalized spacial score (nSPS) is 23.5. The van der Waals surface area contributed by atoms with E-state index >= 15 is 0 Å². The summed E-state index contributed by atoms with van der Waals surface area (Å²) in [6, 6.07) is 4.28. The largest absolute Gasteiger partial charge is 0.371 e.